The van der Waals surface area contributed by atoms with Crippen LogP contribution in [0.25, 0.3) is 0 Å². The van der Waals surface area contributed by atoms with Gasteiger partial charge in [0.25, 0.3) is 5.91 Å². The number of hydrogen-bond acceptors (Lipinski definition) is 5. The summed E-state index contributed by atoms with van der Waals surface area (Å²) in [6, 6.07) is 2.27. The molecule has 0 spiro atoms. The Balaban J connectivity index is 1.36. The number of carbonyl (C=O) groups is 1. The lowest BCUT2D eigenvalue weighted by Crippen LogP contribution is -2.35. The Morgan fingerprint density at radius 2 is 1.89 bits per heavy atom. The van der Waals surface area contributed by atoms with Crippen LogP contribution in [0.5, 0.6) is 0 Å². The van der Waals surface area contributed by atoms with E-state index in [1.165, 1.54) is 43.9 Å². The molecule has 2 aromatic rings. The van der Waals surface area contributed by atoms with Crippen molar-refractivity contribution in [2.75, 3.05) is 13.1 Å². The molecule has 0 unspecified atom stereocenters. The summed E-state index contributed by atoms with van der Waals surface area (Å²) in [7, 11) is 0. The second kappa shape index (κ2) is 7.09. The van der Waals surface area contributed by atoms with Crippen LogP contribution in [0, 0.1) is 0 Å². The van der Waals surface area contributed by atoms with Crippen LogP contribution in [0.15, 0.2) is 22.4 Å². The molecule has 2 saturated carbocycles. The molecule has 3 fully saturated rings. The first-order valence-corrected chi connectivity index (χ1v) is 11.0. The highest BCUT2D eigenvalue weighted by Crippen LogP contribution is 2.47. The highest BCUT2D eigenvalue weighted by molar-refractivity contribution is 7.99. The molecule has 1 saturated heterocycles. The molecule has 0 aromatic carbocycles. The number of nitrogens with zero attached hydrogens (tertiary/aromatic N) is 5. The number of pyridine rings is 1. The molecule has 8 heteroatoms. The Hall–Kier alpha value is -1.60. The minimum Gasteiger partial charge on any atom is -0.339 e. The number of carbonyl (C=O) groups excluding carboxylic acids is 1. The second-order valence-corrected chi connectivity index (χ2v) is 9.05. The highest BCUT2D eigenvalue weighted by Gasteiger charge is 2.36. The average Bonchev–Trinajstić information content (AvgIpc) is 3.62. The first-order chi connectivity index (χ1) is 13.2. The quantitative estimate of drug-likeness (QED) is 0.744. The molecule has 27 heavy (non-hydrogen) atoms. The fourth-order valence-corrected chi connectivity index (χ4v) is 4.78. The van der Waals surface area contributed by atoms with E-state index in [4.69, 9.17) is 11.6 Å². The van der Waals surface area contributed by atoms with Crippen LogP contribution in [0.3, 0.4) is 0 Å². The maximum Gasteiger partial charge on any atom is 0.255 e. The summed E-state index contributed by atoms with van der Waals surface area (Å²) in [4.78, 5) is 19.0. The maximum atomic E-state index is 12.7. The zero-order chi connectivity index (χ0) is 18.4. The summed E-state index contributed by atoms with van der Waals surface area (Å²) in [5, 5.41) is 10.9. The van der Waals surface area contributed by atoms with E-state index in [-0.39, 0.29) is 5.91 Å². The van der Waals surface area contributed by atoms with Gasteiger partial charge in [0, 0.05) is 31.2 Å². The molecule has 0 bridgehead atoms. The van der Waals surface area contributed by atoms with Gasteiger partial charge in [-0.1, -0.05) is 11.6 Å². The van der Waals surface area contributed by atoms with Gasteiger partial charge in [-0.05, 0) is 62.8 Å². The lowest BCUT2D eigenvalue weighted by molar-refractivity contribution is 0.0724. The summed E-state index contributed by atoms with van der Waals surface area (Å²) in [5.74, 6) is 1.71. The summed E-state index contributed by atoms with van der Waals surface area (Å²) in [5.41, 5.74) is 0.563. The van der Waals surface area contributed by atoms with Crippen LogP contribution in [0.2, 0.25) is 5.02 Å². The van der Waals surface area contributed by atoms with Crippen molar-refractivity contribution in [3.05, 3.63) is 28.7 Å². The monoisotopic (exact) mass is 403 g/mol. The molecule has 1 amide bonds. The molecule has 1 aliphatic heterocycles. The Morgan fingerprint density at radius 1 is 1.11 bits per heavy atom. The van der Waals surface area contributed by atoms with Crippen LogP contribution in [0.1, 0.15) is 73.1 Å². The van der Waals surface area contributed by atoms with Gasteiger partial charge < -0.3 is 9.47 Å². The van der Waals surface area contributed by atoms with E-state index < -0.39 is 0 Å². The molecule has 0 atom stereocenters. The molecular weight excluding hydrogens is 382 g/mol. The van der Waals surface area contributed by atoms with E-state index in [0.29, 0.717) is 27.6 Å². The van der Waals surface area contributed by atoms with Crippen molar-refractivity contribution in [3.63, 3.8) is 0 Å². The minimum atomic E-state index is 0.0258. The van der Waals surface area contributed by atoms with E-state index in [2.05, 4.69) is 19.7 Å². The van der Waals surface area contributed by atoms with E-state index in [1.807, 2.05) is 4.90 Å². The Labute approximate surface area is 167 Å². The molecule has 142 valence electrons. The van der Waals surface area contributed by atoms with Crippen LogP contribution in [0.4, 0.5) is 0 Å². The topological polar surface area (TPSA) is 63.9 Å². The minimum absolute atomic E-state index is 0.0258. The van der Waals surface area contributed by atoms with Crippen molar-refractivity contribution in [3.8, 4) is 0 Å². The number of piperidine rings is 1. The van der Waals surface area contributed by atoms with Gasteiger partial charge in [-0.2, -0.15) is 0 Å². The first-order valence-electron chi connectivity index (χ1n) is 9.78. The molecule has 2 aliphatic carbocycles. The highest BCUT2D eigenvalue weighted by atomic mass is 35.5. The summed E-state index contributed by atoms with van der Waals surface area (Å²) < 4.78 is 2.28. The third-order valence-corrected chi connectivity index (χ3v) is 6.81. The van der Waals surface area contributed by atoms with Gasteiger partial charge in [0.15, 0.2) is 5.16 Å². The van der Waals surface area contributed by atoms with Crippen molar-refractivity contribution < 1.29 is 4.79 Å². The van der Waals surface area contributed by atoms with Gasteiger partial charge in [-0.3, -0.25) is 4.79 Å². The largest absolute Gasteiger partial charge is 0.339 e. The third-order valence-electron chi connectivity index (χ3n) is 5.43. The molecular formula is C19H22ClN5OS. The van der Waals surface area contributed by atoms with Gasteiger partial charge in [0.1, 0.15) is 10.9 Å². The SMILES string of the molecule is O=C(c1cnc(Sc2nnc(C3CC3)n2C2CC2)c(Cl)c1)N1CCCCC1. The van der Waals surface area contributed by atoms with Crippen LogP contribution in [-0.2, 0) is 0 Å². The second-order valence-electron chi connectivity index (χ2n) is 7.68. The van der Waals surface area contributed by atoms with Gasteiger partial charge >= 0.3 is 0 Å². The van der Waals surface area contributed by atoms with E-state index >= 15 is 0 Å². The number of aromatic nitrogens is 4. The van der Waals surface area contributed by atoms with Gasteiger partial charge in [0.2, 0.25) is 0 Å². The number of amides is 1. The van der Waals surface area contributed by atoms with Gasteiger partial charge in [0.05, 0.1) is 10.6 Å². The third kappa shape index (κ3) is 3.59. The van der Waals surface area contributed by atoms with E-state index in [0.717, 1.165) is 36.9 Å². The Kier molecular flexibility index (Phi) is 4.60. The number of halogens is 1. The lowest BCUT2D eigenvalue weighted by Gasteiger charge is -2.26. The number of rotatable bonds is 5. The molecule has 0 N–H and O–H groups in total. The van der Waals surface area contributed by atoms with Crippen LogP contribution >= 0.6 is 23.4 Å². The summed E-state index contributed by atoms with van der Waals surface area (Å²) >= 11 is 7.93. The maximum absolute atomic E-state index is 12.7. The van der Waals surface area contributed by atoms with Crippen molar-refractivity contribution in [2.24, 2.45) is 0 Å². The smallest absolute Gasteiger partial charge is 0.255 e. The molecule has 3 aliphatic rings. The van der Waals surface area contributed by atoms with Crippen molar-refractivity contribution >= 4 is 29.3 Å². The predicted octanol–water partition coefficient (Wildman–Crippen LogP) is 4.32. The van der Waals surface area contributed by atoms with Crippen molar-refractivity contribution in [2.45, 2.75) is 67.1 Å². The van der Waals surface area contributed by atoms with Crippen LogP contribution in [-0.4, -0.2) is 43.6 Å². The fraction of sp³-hybridized carbons (Fsp3) is 0.579. The van der Waals surface area contributed by atoms with Crippen molar-refractivity contribution in [1.29, 1.82) is 0 Å². The van der Waals surface area contributed by atoms with E-state index in [1.54, 1.807) is 12.3 Å². The zero-order valence-corrected chi connectivity index (χ0v) is 16.7. The van der Waals surface area contributed by atoms with Gasteiger partial charge in [-0.25, -0.2) is 4.98 Å². The Bertz CT molecular complexity index is 871. The molecule has 2 aromatic heterocycles. The summed E-state index contributed by atoms with van der Waals surface area (Å²) in [6.45, 7) is 1.64. The molecule has 5 rings (SSSR count). The first kappa shape index (κ1) is 17.5. The average molecular weight is 404 g/mol. The predicted molar refractivity (Wildman–Crippen MR) is 103 cm³/mol. The molecule has 6 nitrogen and oxygen atoms in total. The zero-order valence-electron chi connectivity index (χ0n) is 15.1. The van der Waals surface area contributed by atoms with Gasteiger partial charge in [-0.15, -0.1) is 10.2 Å². The normalized spacial score (nSPS) is 20.1. The van der Waals surface area contributed by atoms with Crippen LogP contribution < -0.4 is 0 Å². The molecule has 0 radical (unpaired) electrons. The summed E-state index contributed by atoms with van der Waals surface area (Å²) in [6.07, 6.45) is 9.78. The van der Waals surface area contributed by atoms with E-state index in [9.17, 15) is 4.79 Å². The van der Waals surface area contributed by atoms with Crippen molar-refractivity contribution in [1.82, 2.24) is 24.6 Å². The molecule has 3 heterocycles. The number of likely N-dealkylation sites (tertiary alicyclic amines) is 1. The standard InChI is InChI=1S/C19H22ClN5OS/c20-15-10-13(18(26)24-8-2-1-3-9-24)11-21-17(15)27-19-23-22-16(12-4-5-12)25(19)14-6-7-14/h10-12,14H,1-9H2. The number of hydrogen-bond donors (Lipinski definition) is 0. The lowest BCUT2D eigenvalue weighted by atomic mass is 10.1. The fourth-order valence-electron chi connectivity index (χ4n) is 3.64. The Morgan fingerprint density at radius 3 is 2.56 bits per heavy atom.